The molecule has 0 heterocycles. The number of carbonyl (C=O) groups is 1. The lowest BCUT2D eigenvalue weighted by Crippen LogP contribution is -2.69. The van der Waals surface area contributed by atoms with Crippen LogP contribution >= 0.6 is 0 Å². The molecule has 32 heavy (non-hydrogen) atoms. The fourth-order valence-electron chi connectivity index (χ4n) is 11.4. The van der Waals surface area contributed by atoms with E-state index in [0.29, 0.717) is 35.4 Å². The molecule has 0 saturated heterocycles. The molecule has 5 aliphatic rings. The number of carbonyl (C=O) groups excluding carboxylic acids is 1. The van der Waals surface area contributed by atoms with Crippen molar-refractivity contribution < 1.29 is 9.90 Å². The highest BCUT2D eigenvalue weighted by Gasteiger charge is 2.72. The molecule has 10 unspecified atom stereocenters. The van der Waals surface area contributed by atoms with Gasteiger partial charge in [0.05, 0.1) is 6.10 Å². The average Bonchev–Trinajstić information content (AvgIpc) is 3.03. The number of aliphatic hydroxyl groups is 1. The van der Waals surface area contributed by atoms with E-state index < -0.39 is 0 Å². The second kappa shape index (κ2) is 6.73. The maximum Gasteiger partial charge on any atom is 0.138 e. The summed E-state index contributed by atoms with van der Waals surface area (Å²) in [5, 5.41) is 12.0. The van der Waals surface area contributed by atoms with E-state index in [9.17, 15) is 9.90 Å². The molecule has 5 saturated carbocycles. The van der Waals surface area contributed by atoms with Crippen LogP contribution in [0.5, 0.6) is 0 Å². The van der Waals surface area contributed by atoms with Gasteiger partial charge in [0.1, 0.15) is 5.78 Å². The molecule has 0 aromatic heterocycles. The minimum atomic E-state index is -0.219. The third-order valence-corrected chi connectivity index (χ3v) is 13.2. The summed E-state index contributed by atoms with van der Waals surface area (Å²) in [6, 6.07) is 0. The minimum absolute atomic E-state index is 0.0439. The predicted molar refractivity (Wildman–Crippen MR) is 131 cm³/mol. The Kier molecular flexibility index (Phi) is 4.87. The monoisotopic (exact) mass is 440 g/mol. The van der Waals surface area contributed by atoms with Gasteiger partial charge in [-0.25, -0.2) is 0 Å². The highest BCUT2D eigenvalue weighted by molar-refractivity contribution is 5.85. The van der Waals surface area contributed by atoms with Crippen LogP contribution in [0.1, 0.15) is 106 Å². The zero-order chi connectivity index (χ0) is 23.5. The first-order chi connectivity index (χ1) is 14.7. The number of hydrogen-bond acceptors (Lipinski definition) is 2. The Morgan fingerprint density at radius 3 is 2.28 bits per heavy atom. The van der Waals surface area contributed by atoms with E-state index in [1.54, 1.807) is 0 Å². The minimum Gasteiger partial charge on any atom is -0.393 e. The number of Topliss-reactive ketones (excluding diaryl/α,β-unsaturated/α-hetero) is 1. The molecule has 2 nitrogen and oxygen atoms in total. The summed E-state index contributed by atoms with van der Waals surface area (Å²) < 4.78 is 0. The SMILES string of the molecule is C=C(C)C1CCC2(C)CC(O)C3(C)C(CCC4C5(C)CCC(=O)C(C)(C)C5CCC43C)C12. The van der Waals surface area contributed by atoms with Crippen molar-refractivity contribution in [2.75, 3.05) is 0 Å². The number of hydrogen-bond donors (Lipinski definition) is 1. The van der Waals surface area contributed by atoms with Gasteiger partial charge in [-0.3, -0.25) is 4.79 Å². The van der Waals surface area contributed by atoms with Crippen molar-refractivity contribution in [1.29, 1.82) is 0 Å². The van der Waals surface area contributed by atoms with Gasteiger partial charge in [-0.15, -0.1) is 0 Å². The summed E-state index contributed by atoms with van der Waals surface area (Å²) in [4.78, 5) is 12.9. The van der Waals surface area contributed by atoms with Crippen LogP contribution < -0.4 is 0 Å². The van der Waals surface area contributed by atoms with Crippen LogP contribution in [0.3, 0.4) is 0 Å². The molecule has 5 fully saturated rings. The molecule has 0 amide bonds. The second-order valence-corrected chi connectivity index (χ2v) is 14.6. The molecule has 0 aliphatic heterocycles. The average molecular weight is 441 g/mol. The van der Waals surface area contributed by atoms with Gasteiger partial charge in [0.15, 0.2) is 0 Å². The fourth-order valence-corrected chi connectivity index (χ4v) is 11.4. The largest absolute Gasteiger partial charge is 0.393 e. The van der Waals surface area contributed by atoms with Crippen molar-refractivity contribution in [2.45, 2.75) is 112 Å². The van der Waals surface area contributed by atoms with Crippen LogP contribution in [0.2, 0.25) is 0 Å². The third kappa shape index (κ3) is 2.55. The first kappa shape index (κ1) is 23.1. The first-order valence-electron chi connectivity index (χ1n) is 13.6. The Morgan fingerprint density at radius 1 is 0.938 bits per heavy atom. The smallest absolute Gasteiger partial charge is 0.138 e. The second-order valence-electron chi connectivity index (χ2n) is 14.6. The van der Waals surface area contributed by atoms with Crippen LogP contribution in [-0.4, -0.2) is 17.0 Å². The summed E-state index contributed by atoms with van der Waals surface area (Å²) in [6.07, 6.45) is 9.86. The maximum absolute atomic E-state index is 12.9. The van der Waals surface area contributed by atoms with Gasteiger partial charge in [0.25, 0.3) is 0 Å². The lowest BCUT2D eigenvalue weighted by Gasteiger charge is -2.73. The summed E-state index contributed by atoms with van der Waals surface area (Å²) >= 11 is 0. The van der Waals surface area contributed by atoms with Crippen molar-refractivity contribution >= 4 is 5.78 Å². The molecule has 5 rings (SSSR count). The molecule has 0 aromatic rings. The summed E-state index contributed by atoms with van der Waals surface area (Å²) in [5.74, 6) is 3.43. The topological polar surface area (TPSA) is 37.3 Å². The Bertz CT molecular complexity index is 842. The Balaban J connectivity index is 1.59. The van der Waals surface area contributed by atoms with Gasteiger partial charge in [0.2, 0.25) is 0 Å². The van der Waals surface area contributed by atoms with Gasteiger partial charge in [0, 0.05) is 17.3 Å². The normalized spacial score (nSPS) is 56.6. The lowest BCUT2D eigenvalue weighted by atomic mass is 9.32. The van der Waals surface area contributed by atoms with Gasteiger partial charge >= 0.3 is 0 Å². The lowest BCUT2D eigenvalue weighted by molar-refractivity contribution is -0.266. The molecule has 1 N–H and O–H groups in total. The van der Waals surface area contributed by atoms with E-state index in [1.165, 1.54) is 37.7 Å². The van der Waals surface area contributed by atoms with Crippen LogP contribution in [0, 0.1) is 56.7 Å². The molecule has 0 aromatic carbocycles. The zero-order valence-corrected chi connectivity index (χ0v) is 21.9. The molecule has 0 bridgehead atoms. The highest BCUT2D eigenvalue weighted by Crippen LogP contribution is 2.77. The molecule has 0 spiro atoms. The van der Waals surface area contributed by atoms with Gasteiger partial charge in [-0.1, -0.05) is 53.7 Å². The molecule has 0 radical (unpaired) electrons. The van der Waals surface area contributed by atoms with E-state index in [2.05, 4.69) is 55.0 Å². The van der Waals surface area contributed by atoms with Crippen molar-refractivity contribution in [3.8, 4) is 0 Å². The van der Waals surface area contributed by atoms with Crippen molar-refractivity contribution in [1.82, 2.24) is 0 Å². The van der Waals surface area contributed by atoms with E-state index in [1.807, 2.05) is 0 Å². The summed E-state index contributed by atoms with van der Waals surface area (Å²) in [5.41, 5.74) is 1.73. The molecule has 5 aliphatic carbocycles. The number of fused-ring (bicyclic) bond motifs is 7. The summed E-state index contributed by atoms with van der Waals surface area (Å²) in [6.45, 7) is 21.2. The predicted octanol–water partition coefficient (Wildman–Crippen LogP) is 7.20. The third-order valence-electron chi connectivity index (χ3n) is 13.2. The molecule has 180 valence electrons. The molecular formula is C30H48O2. The molecular weight excluding hydrogens is 392 g/mol. The highest BCUT2D eigenvalue weighted by atomic mass is 16.3. The van der Waals surface area contributed by atoms with Crippen molar-refractivity contribution in [3.05, 3.63) is 12.2 Å². The fraction of sp³-hybridized carbons (Fsp3) is 0.900. The maximum atomic E-state index is 12.9. The summed E-state index contributed by atoms with van der Waals surface area (Å²) in [7, 11) is 0. The van der Waals surface area contributed by atoms with Gasteiger partial charge in [-0.05, 0) is 104 Å². The van der Waals surface area contributed by atoms with E-state index >= 15 is 0 Å². The quantitative estimate of drug-likeness (QED) is 0.438. The number of allylic oxidation sites excluding steroid dienone is 1. The molecule has 10 atom stereocenters. The van der Waals surface area contributed by atoms with Crippen LogP contribution in [0.15, 0.2) is 12.2 Å². The Morgan fingerprint density at radius 2 is 1.62 bits per heavy atom. The van der Waals surface area contributed by atoms with Crippen molar-refractivity contribution in [3.63, 3.8) is 0 Å². The van der Waals surface area contributed by atoms with Crippen LogP contribution in [0.25, 0.3) is 0 Å². The standard InChI is InChI=1S/C30H48O2/c1-18(2)19-11-14-27(5)17-24(32)30(8)20(25(19)27)9-10-22-28(6)15-13-23(31)26(3,4)21(28)12-16-29(22,30)7/h19-22,24-25,32H,1,9-17H2,2-8H3. The molecule has 2 heteroatoms. The van der Waals surface area contributed by atoms with E-state index in [4.69, 9.17) is 0 Å². The number of aliphatic hydroxyl groups excluding tert-OH is 1. The van der Waals surface area contributed by atoms with Crippen LogP contribution in [-0.2, 0) is 4.79 Å². The van der Waals surface area contributed by atoms with E-state index in [-0.39, 0.29) is 33.2 Å². The Labute approximate surface area is 197 Å². The Hall–Kier alpha value is -0.630. The number of ketones is 1. The van der Waals surface area contributed by atoms with Gasteiger partial charge < -0.3 is 5.11 Å². The first-order valence-corrected chi connectivity index (χ1v) is 13.6. The number of rotatable bonds is 1. The van der Waals surface area contributed by atoms with Crippen LogP contribution in [0.4, 0.5) is 0 Å². The van der Waals surface area contributed by atoms with Gasteiger partial charge in [-0.2, -0.15) is 0 Å². The van der Waals surface area contributed by atoms with E-state index in [0.717, 1.165) is 25.7 Å². The zero-order valence-electron chi connectivity index (χ0n) is 21.9. The van der Waals surface area contributed by atoms with Crippen molar-refractivity contribution in [2.24, 2.45) is 56.7 Å².